The smallest absolute Gasteiger partial charge is 0.292 e. The number of hydrogen-bond donors (Lipinski definition) is 6. The normalized spacial score (nSPS) is 11.0. The van der Waals surface area contributed by atoms with Crippen LogP contribution >= 0.6 is 0 Å². The Bertz CT molecular complexity index is 1470. The van der Waals surface area contributed by atoms with Gasteiger partial charge in [0.15, 0.2) is 0 Å². The van der Waals surface area contributed by atoms with Crippen LogP contribution in [0.2, 0.25) is 0 Å². The zero-order chi connectivity index (χ0) is 31.3. The molecular formula is C32H40N6O6. The van der Waals surface area contributed by atoms with Crippen LogP contribution in [0.3, 0.4) is 0 Å². The van der Waals surface area contributed by atoms with E-state index in [4.69, 9.17) is 9.47 Å². The highest BCUT2D eigenvalue weighted by Crippen LogP contribution is 2.28. The lowest BCUT2D eigenvalue weighted by atomic mass is 10.1. The number of para-hydroxylation sites is 2. The van der Waals surface area contributed by atoms with Crippen LogP contribution in [0.1, 0.15) is 46.4 Å². The predicted octanol–water partition coefficient (Wildman–Crippen LogP) is 2.70. The predicted molar refractivity (Wildman–Crippen MR) is 169 cm³/mol. The summed E-state index contributed by atoms with van der Waals surface area (Å²) in [6.45, 7) is 3.98. The molecule has 0 aliphatic rings. The molecule has 4 aromatic rings. The van der Waals surface area contributed by atoms with Gasteiger partial charge in [-0.2, -0.15) is 0 Å². The van der Waals surface area contributed by atoms with Gasteiger partial charge in [-0.15, -0.1) is 0 Å². The molecule has 0 fully saturated rings. The number of carbonyl (C=O) groups excluding carboxylic acids is 4. The molecular weight excluding hydrogens is 564 g/mol. The molecule has 12 nitrogen and oxygen atoms in total. The summed E-state index contributed by atoms with van der Waals surface area (Å²) in [7, 11) is 3.11. The first-order valence-electron chi connectivity index (χ1n) is 14.8. The second-order valence-corrected chi connectivity index (χ2v) is 10.3. The average molecular weight is 605 g/mol. The Labute approximate surface area is 255 Å². The molecule has 0 unspecified atom stereocenters. The van der Waals surface area contributed by atoms with Crippen molar-refractivity contribution in [2.24, 2.45) is 0 Å². The van der Waals surface area contributed by atoms with Crippen molar-refractivity contribution in [2.75, 3.05) is 53.5 Å². The molecule has 12 heteroatoms. The number of benzene rings is 2. The highest BCUT2D eigenvalue weighted by Gasteiger charge is 2.21. The Hall–Kier alpha value is -4.68. The fourth-order valence-electron chi connectivity index (χ4n) is 4.95. The van der Waals surface area contributed by atoms with Crippen molar-refractivity contribution in [1.29, 1.82) is 0 Å². The van der Waals surface area contributed by atoms with Gasteiger partial charge in [0.25, 0.3) is 23.4 Å². The first-order chi connectivity index (χ1) is 21.5. The van der Waals surface area contributed by atoms with Gasteiger partial charge in [0.1, 0.15) is 11.5 Å². The van der Waals surface area contributed by atoms with Crippen LogP contribution in [-0.4, -0.2) is 86.8 Å². The Morgan fingerprint density at radius 2 is 1.00 bits per heavy atom. The van der Waals surface area contributed by atoms with E-state index in [0.717, 1.165) is 39.0 Å². The number of ketones is 2. The molecule has 0 saturated heterocycles. The van der Waals surface area contributed by atoms with Crippen molar-refractivity contribution in [2.45, 2.75) is 25.7 Å². The number of unbranched alkanes of at least 4 members (excludes halogenated alkanes) is 1. The summed E-state index contributed by atoms with van der Waals surface area (Å²) in [5, 5.41) is 13.4. The van der Waals surface area contributed by atoms with Crippen LogP contribution in [0.25, 0.3) is 21.8 Å². The van der Waals surface area contributed by atoms with Crippen LogP contribution in [0.4, 0.5) is 0 Å². The number of aromatic amines is 2. The molecule has 0 saturated carbocycles. The first kappa shape index (κ1) is 32.2. The largest absolute Gasteiger partial charge is 0.495 e. The van der Waals surface area contributed by atoms with E-state index in [1.54, 1.807) is 50.6 Å². The van der Waals surface area contributed by atoms with Crippen LogP contribution in [-0.2, 0) is 9.59 Å². The van der Waals surface area contributed by atoms with Gasteiger partial charge in [0.05, 0.1) is 36.4 Å². The van der Waals surface area contributed by atoms with Crippen LogP contribution in [0, 0.1) is 0 Å². The van der Waals surface area contributed by atoms with Gasteiger partial charge < -0.3 is 40.7 Å². The minimum atomic E-state index is -0.624. The molecule has 0 aliphatic carbocycles. The molecule has 234 valence electrons. The number of H-pyrrole nitrogens is 2. The number of carbonyl (C=O) groups is 4. The molecule has 4 rings (SSSR count). The van der Waals surface area contributed by atoms with Gasteiger partial charge in [-0.25, -0.2) is 0 Å². The van der Waals surface area contributed by atoms with E-state index in [1.807, 2.05) is 0 Å². The summed E-state index contributed by atoms with van der Waals surface area (Å²) in [5.74, 6) is -1.17. The Morgan fingerprint density at radius 1 is 0.591 bits per heavy atom. The molecule has 2 aromatic heterocycles. The lowest BCUT2D eigenvalue weighted by Crippen LogP contribution is -2.33. The summed E-state index contributed by atoms with van der Waals surface area (Å²) in [4.78, 5) is 55.9. The molecule has 6 N–H and O–H groups in total. The zero-order valence-electron chi connectivity index (χ0n) is 25.1. The summed E-state index contributed by atoms with van der Waals surface area (Å²) < 4.78 is 10.6. The standard InChI is InChI=1S/C32H40N6O6/c1-43-25-11-5-9-21-23(19-37-27(21)25)29(39)31(41)35-17-7-15-33-13-3-4-14-34-16-8-18-36-32(42)30(40)24-20-38-28-22(24)10-6-12-26(28)44-2/h5-6,9-12,19-20,33-34,37-38H,3-4,7-8,13-18H2,1-2H3,(H,35,41)(H,36,42). The SMILES string of the molecule is COc1cccc2c(C(=O)C(=O)NCCCNCCCCNCCCNC(=O)C(=O)c3c[nH]c4c(OC)cccc34)c[nH]c12. The number of rotatable bonds is 19. The molecule has 2 amide bonds. The summed E-state index contributed by atoms with van der Waals surface area (Å²) in [5.41, 5.74) is 2.02. The highest BCUT2D eigenvalue weighted by atomic mass is 16.5. The van der Waals surface area contributed by atoms with E-state index in [1.165, 1.54) is 12.4 Å². The molecule has 44 heavy (non-hydrogen) atoms. The molecule has 0 atom stereocenters. The molecule has 0 aliphatic heterocycles. The van der Waals surface area contributed by atoms with Gasteiger partial charge in [0.2, 0.25) is 0 Å². The van der Waals surface area contributed by atoms with Gasteiger partial charge in [0, 0.05) is 36.3 Å². The number of ether oxygens (including phenoxy) is 2. The van der Waals surface area contributed by atoms with Gasteiger partial charge in [-0.1, -0.05) is 24.3 Å². The second-order valence-electron chi connectivity index (χ2n) is 10.3. The van der Waals surface area contributed by atoms with E-state index < -0.39 is 23.4 Å². The molecule has 2 heterocycles. The quantitative estimate of drug-likeness (QED) is 0.0540. The van der Waals surface area contributed by atoms with E-state index >= 15 is 0 Å². The molecule has 2 aromatic carbocycles. The Morgan fingerprint density at radius 3 is 1.41 bits per heavy atom. The number of fused-ring (bicyclic) bond motifs is 2. The fourth-order valence-corrected chi connectivity index (χ4v) is 4.95. The molecule has 0 bridgehead atoms. The number of hydrogen-bond acceptors (Lipinski definition) is 8. The fraction of sp³-hybridized carbons (Fsp3) is 0.375. The van der Waals surface area contributed by atoms with Gasteiger partial charge in [-0.05, 0) is 64.0 Å². The maximum Gasteiger partial charge on any atom is 0.292 e. The average Bonchev–Trinajstić information content (AvgIpc) is 3.68. The van der Waals surface area contributed by atoms with Crippen LogP contribution in [0.5, 0.6) is 11.5 Å². The number of amides is 2. The van der Waals surface area contributed by atoms with E-state index in [-0.39, 0.29) is 0 Å². The molecule has 0 radical (unpaired) electrons. The maximum atomic E-state index is 12.6. The number of aromatic nitrogens is 2. The minimum absolute atomic E-state index is 0.325. The van der Waals surface area contributed by atoms with Crippen molar-refractivity contribution in [3.63, 3.8) is 0 Å². The summed E-state index contributed by atoms with van der Waals surface area (Å²) in [6, 6.07) is 10.7. The topological polar surface area (TPSA) is 166 Å². The lowest BCUT2D eigenvalue weighted by molar-refractivity contribution is -0.117. The van der Waals surface area contributed by atoms with Crippen molar-refractivity contribution < 1.29 is 28.7 Å². The van der Waals surface area contributed by atoms with Crippen LogP contribution < -0.4 is 30.7 Å². The Kier molecular flexibility index (Phi) is 11.9. The van der Waals surface area contributed by atoms with Crippen molar-refractivity contribution in [1.82, 2.24) is 31.2 Å². The third-order valence-electron chi connectivity index (χ3n) is 7.28. The van der Waals surface area contributed by atoms with E-state index in [0.29, 0.717) is 70.4 Å². The van der Waals surface area contributed by atoms with Crippen molar-refractivity contribution in [3.8, 4) is 11.5 Å². The van der Waals surface area contributed by atoms with Gasteiger partial charge >= 0.3 is 0 Å². The third kappa shape index (κ3) is 8.03. The van der Waals surface area contributed by atoms with E-state index in [9.17, 15) is 19.2 Å². The number of nitrogens with one attached hydrogen (secondary N) is 6. The number of methoxy groups -OCH3 is 2. The number of Topliss-reactive ketones (excluding diaryl/α,β-unsaturated/α-hetero) is 2. The lowest BCUT2D eigenvalue weighted by Gasteiger charge is -2.08. The highest BCUT2D eigenvalue weighted by molar-refractivity contribution is 6.45. The van der Waals surface area contributed by atoms with Gasteiger partial charge in [-0.3, -0.25) is 19.2 Å². The Balaban J connectivity index is 0.988. The molecule has 0 spiro atoms. The third-order valence-corrected chi connectivity index (χ3v) is 7.28. The van der Waals surface area contributed by atoms with Crippen molar-refractivity contribution in [3.05, 3.63) is 59.9 Å². The van der Waals surface area contributed by atoms with E-state index in [2.05, 4.69) is 31.2 Å². The van der Waals surface area contributed by atoms with Crippen LogP contribution in [0.15, 0.2) is 48.8 Å². The maximum absolute atomic E-state index is 12.6. The minimum Gasteiger partial charge on any atom is -0.495 e. The first-order valence-corrected chi connectivity index (χ1v) is 14.8. The summed E-state index contributed by atoms with van der Waals surface area (Å²) in [6.07, 6.45) is 6.48. The second kappa shape index (κ2) is 16.2. The summed E-state index contributed by atoms with van der Waals surface area (Å²) >= 11 is 0. The van der Waals surface area contributed by atoms with Crippen molar-refractivity contribution >= 4 is 45.2 Å². The zero-order valence-corrected chi connectivity index (χ0v) is 25.1. The monoisotopic (exact) mass is 604 g/mol.